The van der Waals surface area contributed by atoms with Crippen LogP contribution in [0.1, 0.15) is 26.2 Å². The molecule has 0 radical (unpaired) electrons. The van der Waals surface area contributed by atoms with Gasteiger partial charge in [-0.15, -0.1) is 0 Å². The average molecular weight is 316 g/mol. The van der Waals surface area contributed by atoms with Crippen LogP contribution < -0.4 is 5.01 Å². The van der Waals surface area contributed by atoms with Gasteiger partial charge in [0.1, 0.15) is 13.0 Å². The number of hydrogen-bond donors (Lipinski definition) is 1. The number of unbranched alkanes of at least 4 members (excludes halogenated alkanes) is 1. The summed E-state index contributed by atoms with van der Waals surface area (Å²) >= 11 is 12.1. The van der Waals surface area contributed by atoms with Crippen molar-refractivity contribution in [2.45, 2.75) is 32.3 Å². The minimum absolute atomic E-state index is 0.230. The maximum Gasteiger partial charge on any atom is 0.111 e. The van der Waals surface area contributed by atoms with Crippen molar-refractivity contribution in [1.29, 1.82) is 0 Å². The van der Waals surface area contributed by atoms with E-state index in [-0.39, 0.29) is 6.10 Å². The summed E-state index contributed by atoms with van der Waals surface area (Å²) in [5, 5.41) is 14.6. The van der Waals surface area contributed by atoms with Crippen LogP contribution in [-0.4, -0.2) is 35.8 Å². The van der Waals surface area contributed by atoms with Crippen LogP contribution in [0, 0.1) is 0 Å². The van der Waals surface area contributed by atoms with E-state index in [0.717, 1.165) is 31.5 Å². The van der Waals surface area contributed by atoms with Gasteiger partial charge in [0.2, 0.25) is 0 Å². The van der Waals surface area contributed by atoms with Crippen molar-refractivity contribution in [2.24, 2.45) is 4.99 Å². The summed E-state index contributed by atoms with van der Waals surface area (Å²) in [6.07, 6.45) is 4.39. The van der Waals surface area contributed by atoms with Gasteiger partial charge >= 0.3 is 0 Å². The number of anilines is 1. The number of aliphatic hydroxyl groups is 1. The summed E-state index contributed by atoms with van der Waals surface area (Å²) < 4.78 is 0. The molecule has 0 saturated heterocycles. The molecule has 0 bridgehead atoms. The predicted octanol–water partition coefficient (Wildman–Crippen LogP) is 3.57. The highest BCUT2D eigenvalue weighted by atomic mass is 35.5. The Morgan fingerprint density at radius 3 is 2.85 bits per heavy atom. The molecule has 0 aliphatic carbocycles. The molecule has 0 aromatic heterocycles. The lowest BCUT2D eigenvalue weighted by molar-refractivity contribution is 0.178. The Labute approximate surface area is 129 Å². The Morgan fingerprint density at radius 1 is 1.35 bits per heavy atom. The highest BCUT2D eigenvalue weighted by Gasteiger charge is 2.20. The summed E-state index contributed by atoms with van der Waals surface area (Å²) in [6, 6.07) is 5.45. The second-order valence-electron chi connectivity index (χ2n) is 4.95. The van der Waals surface area contributed by atoms with Crippen LogP contribution in [0.25, 0.3) is 0 Å². The third-order valence-electron chi connectivity index (χ3n) is 3.19. The van der Waals surface area contributed by atoms with Gasteiger partial charge < -0.3 is 5.11 Å². The van der Waals surface area contributed by atoms with Gasteiger partial charge in [-0.05, 0) is 44.4 Å². The van der Waals surface area contributed by atoms with Gasteiger partial charge in [-0.3, -0.25) is 10.0 Å². The molecule has 6 heteroatoms. The van der Waals surface area contributed by atoms with Gasteiger partial charge in [-0.25, -0.2) is 0 Å². The van der Waals surface area contributed by atoms with E-state index in [1.54, 1.807) is 12.4 Å². The number of aliphatic imine (C=N–C) groups is 1. The van der Waals surface area contributed by atoms with Crippen LogP contribution in [0.5, 0.6) is 0 Å². The van der Waals surface area contributed by atoms with E-state index in [1.807, 2.05) is 24.1 Å². The zero-order valence-electron chi connectivity index (χ0n) is 11.5. The lowest BCUT2D eigenvalue weighted by atomic mass is 10.2. The molecule has 1 N–H and O–H groups in total. The Hall–Kier alpha value is -0.810. The molecule has 110 valence electrons. The van der Waals surface area contributed by atoms with E-state index in [4.69, 9.17) is 23.2 Å². The zero-order chi connectivity index (χ0) is 14.5. The summed E-state index contributed by atoms with van der Waals surface area (Å²) in [6.45, 7) is 3.33. The molecule has 1 aliphatic rings. The maximum absolute atomic E-state index is 9.26. The number of nitrogens with zero attached hydrogens (tertiary/aromatic N) is 3. The molecule has 20 heavy (non-hydrogen) atoms. The molecule has 1 atom stereocenters. The van der Waals surface area contributed by atoms with Crippen LogP contribution >= 0.6 is 23.2 Å². The average Bonchev–Trinajstić information content (AvgIpc) is 2.82. The first-order chi connectivity index (χ1) is 9.58. The topological polar surface area (TPSA) is 39.1 Å². The normalized spacial score (nSPS) is 16.9. The number of halogens is 2. The van der Waals surface area contributed by atoms with Crippen molar-refractivity contribution in [3.8, 4) is 0 Å². The van der Waals surface area contributed by atoms with Gasteiger partial charge in [0.05, 0.1) is 16.8 Å². The Bertz CT molecular complexity index is 479. The molecule has 1 aromatic rings. The lowest BCUT2D eigenvalue weighted by Crippen LogP contribution is -2.38. The monoisotopic (exact) mass is 315 g/mol. The van der Waals surface area contributed by atoms with Crippen molar-refractivity contribution in [3.63, 3.8) is 0 Å². The maximum atomic E-state index is 9.26. The minimum Gasteiger partial charge on any atom is -0.393 e. The fourth-order valence-electron chi connectivity index (χ4n) is 2.14. The van der Waals surface area contributed by atoms with E-state index in [9.17, 15) is 5.11 Å². The first-order valence-corrected chi connectivity index (χ1v) is 7.50. The van der Waals surface area contributed by atoms with Crippen molar-refractivity contribution < 1.29 is 5.11 Å². The molecular weight excluding hydrogens is 297 g/mol. The molecular formula is C14H19Cl2N3O. The fourth-order valence-corrected chi connectivity index (χ4v) is 2.64. The van der Waals surface area contributed by atoms with Crippen molar-refractivity contribution in [3.05, 3.63) is 28.2 Å². The summed E-state index contributed by atoms with van der Waals surface area (Å²) in [5.41, 5.74) is 0.882. The fraction of sp³-hybridized carbons (Fsp3) is 0.500. The van der Waals surface area contributed by atoms with Crippen molar-refractivity contribution in [1.82, 2.24) is 5.01 Å². The second kappa shape index (κ2) is 7.27. The quantitative estimate of drug-likeness (QED) is 0.816. The molecule has 0 amide bonds. The molecule has 1 aromatic carbocycles. The minimum atomic E-state index is -0.230. The number of benzene rings is 1. The SMILES string of the molecule is C[C@@H](O)CCCCN1CN=CN1c1ccc(Cl)cc1Cl. The van der Waals surface area contributed by atoms with Crippen LogP contribution in [0.2, 0.25) is 10.0 Å². The highest BCUT2D eigenvalue weighted by Crippen LogP contribution is 2.30. The Balaban J connectivity index is 1.94. The number of hydrazine groups is 1. The van der Waals surface area contributed by atoms with E-state index in [1.165, 1.54) is 0 Å². The highest BCUT2D eigenvalue weighted by molar-refractivity contribution is 6.36. The molecule has 1 aliphatic heterocycles. The zero-order valence-corrected chi connectivity index (χ0v) is 13.0. The predicted molar refractivity (Wildman–Crippen MR) is 84.5 cm³/mol. The smallest absolute Gasteiger partial charge is 0.111 e. The largest absolute Gasteiger partial charge is 0.393 e. The molecule has 0 fully saturated rings. The van der Waals surface area contributed by atoms with E-state index in [2.05, 4.69) is 10.0 Å². The summed E-state index contributed by atoms with van der Waals surface area (Å²) in [7, 11) is 0. The molecule has 1 heterocycles. The van der Waals surface area contributed by atoms with E-state index < -0.39 is 0 Å². The molecule has 0 saturated carbocycles. The van der Waals surface area contributed by atoms with Crippen LogP contribution in [0.4, 0.5) is 5.69 Å². The van der Waals surface area contributed by atoms with Crippen molar-refractivity contribution in [2.75, 3.05) is 18.2 Å². The third kappa shape index (κ3) is 4.09. The van der Waals surface area contributed by atoms with Crippen LogP contribution in [0.3, 0.4) is 0 Å². The summed E-state index contributed by atoms with van der Waals surface area (Å²) in [5.74, 6) is 0. The number of aliphatic hydroxyl groups excluding tert-OH is 1. The Morgan fingerprint density at radius 2 is 2.15 bits per heavy atom. The van der Waals surface area contributed by atoms with Gasteiger partial charge in [0, 0.05) is 11.6 Å². The van der Waals surface area contributed by atoms with Crippen LogP contribution in [0.15, 0.2) is 23.2 Å². The first kappa shape index (κ1) is 15.6. The first-order valence-electron chi connectivity index (χ1n) is 6.75. The number of hydrogen-bond acceptors (Lipinski definition) is 4. The number of rotatable bonds is 6. The van der Waals surface area contributed by atoms with Gasteiger partial charge in [-0.2, -0.15) is 5.01 Å². The lowest BCUT2D eigenvalue weighted by Gasteiger charge is -2.28. The summed E-state index contributed by atoms with van der Waals surface area (Å²) in [4.78, 5) is 4.29. The third-order valence-corrected chi connectivity index (χ3v) is 3.72. The van der Waals surface area contributed by atoms with E-state index in [0.29, 0.717) is 16.7 Å². The van der Waals surface area contributed by atoms with Gasteiger partial charge in [0.25, 0.3) is 0 Å². The molecule has 0 spiro atoms. The van der Waals surface area contributed by atoms with Crippen molar-refractivity contribution >= 4 is 35.2 Å². The molecule has 2 rings (SSSR count). The van der Waals surface area contributed by atoms with Gasteiger partial charge in [-0.1, -0.05) is 23.2 Å². The van der Waals surface area contributed by atoms with Gasteiger partial charge in [0.15, 0.2) is 0 Å². The molecule has 0 unspecified atom stereocenters. The Kier molecular flexibility index (Phi) is 5.66. The second-order valence-corrected chi connectivity index (χ2v) is 5.80. The van der Waals surface area contributed by atoms with Crippen LogP contribution in [-0.2, 0) is 0 Å². The molecule has 4 nitrogen and oxygen atoms in total. The van der Waals surface area contributed by atoms with E-state index >= 15 is 0 Å². The standard InChI is InChI=1S/C14H19Cl2N3O/c1-11(20)4-2-3-7-18-9-17-10-19(18)14-6-5-12(15)8-13(14)16/h5-6,8,10-11,20H,2-4,7,9H2,1H3/t11-/m1/s1.